The van der Waals surface area contributed by atoms with Crippen molar-refractivity contribution in [2.24, 2.45) is 0 Å². The quantitative estimate of drug-likeness (QED) is 0.476. The molecule has 1 aliphatic rings. The summed E-state index contributed by atoms with van der Waals surface area (Å²) in [6.07, 6.45) is 1.65. The maximum atomic E-state index is 13.3. The van der Waals surface area contributed by atoms with Crippen molar-refractivity contribution >= 4 is 34.4 Å². The molecule has 0 saturated heterocycles. The highest BCUT2D eigenvalue weighted by Crippen LogP contribution is 2.33. The predicted octanol–water partition coefficient (Wildman–Crippen LogP) is 4.01. The molecule has 4 aromatic rings. The minimum Gasteiger partial charge on any atom is -0.326 e. The number of fused-ring (bicyclic) bond motifs is 2. The van der Waals surface area contributed by atoms with Gasteiger partial charge in [-0.25, -0.2) is 14.1 Å². The zero-order valence-corrected chi connectivity index (χ0v) is 18.3. The molecule has 0 aliphatic carbocycles. The number of amides is 1. The Morgan fingerprint density at radius 1 is 1.19 bits per heavy atom. The van der Waals surface area contributed by atoms with Crippen LogP contribution in [0.1, 0.15) is 23.6 Å². The zero-order chi connectivity index (χ0) is 22.4. The standard InChI is InChI=1S/C23H20FN5O2S/c1-13-3-8-17(9-14(13)2)29-21-19(11-25-29)22(31)28-18(12-32-23(28)27-21)10-20(30)26-16-6-4-15(24)5-7-16/h3-9,11,18H,10,12H2,1-2H3,(H,26,30). The first kappa shape index (κ1) is 20.4. The van der Waals surface area contributed by atoms with E-state index in [-0.39, 0.29) is 29.7 Å². The zero-order valence-electron chi connectivity index (χ0n) is 17.5. The van der Waals surface area contributed by atoms with E-state index in [4.69, 9.17) is 4.98 Å². The topological polar surface area (TPSA) is 81.8 Å². The van der Waals surface area contributed by atoms with Crippen molar-refractivity contribution in [3.05, 3.63) is 76.0 Å². The molecule has 0 fully saturated rings. The number of carbonyl (C=O) groups is 1. The molecular weight excluding hydrogens is 429 g/mol. The fourth-order valence-corrected chi connectivity index (χ4v) is 4.92. The van der Waals surface area contributed by atoms with Crippen LogP contribution in [-0.2, 0) is 4.79 Å². The van der Waals surface area contributed by atoms with Crippen molar-refractivity contribution in [1.29, 1.82) is 0 Å². The van der Waals surface area contributed by atoms with Gasteiger partial charge in [-0.2, -0.15) is 5.10 Å². The third-order valence-corrected chi connectivity index (χ3v) is 6.75. The van der Waals surface area contributed by atoms with E-state index in [1.54, 1.807) is 9.25 Å². The van der Waals surface area contributed by atoms with Gasteiger partial charge in [-0.05, 0) is 61.4 Å². The Bertz CT molecular complexity index is 1410. The summed E-state index contributed by atoms with van der Waals surface area (Å²) in [6, 6.07) is 11.3. The van der Waals surface area contributed by atoms with Crippen molar-refractivity contribution in [3.8, 4) is 5.69 Å². The number of benzene rings is 2. The number of hydrogen-bond acceptors (Lipinski definition) is 5. The van der Waals surface area contributed by atoms with Crippen LogP contribution in [0.15, 0.2) is 58.6 Å². The van der Waals surface area contributed by atoms with Gasteiger partial charge in [0.1, 0.15) is 11.2 Å². The number of nitrogens with one attached hydrogen (secondary N) is 1. The fraction of sp³-hybridized carbons (Fsp3) is 0.217. The van der Waals surface area contributed by atoms with Gasteiger partial charge in [0.15, 0.2) is 10.8 Å². The van der Waals surface area contributed by atoms with Gasteiger partial charge in [0.05, 0.1) is 17.9 Å². The lowest BCUT2D eigenvalue weighted by Crippen LogP contribution is -2.27. The summed E-state index contributed by atoms with van der Waals surface area (Å²) in [5, 5.41) is 8.15. The van der Waals surface area contributed by atoms with Crippen LogP contribution < -0.4 is 10.9 Å². The van der Waals surface area contributed by atoms with Crippen LogP contribution in [-0.4, -0.2) is 31.0 Å². The van der Waals surface area contributed by atoms with Crippen LogP contribution in [0.5, 0.6) is 0 Å². The molecule has 0 radical (unpaired) electrons. The van der Waals surface area contributed by atoms with E-state index in [2.05, 4.69) is 10.4 Å². The molecule has 1 aliphatic heterocycles. The maximum Gasteiger partial charge on any atom is 0.265 e. The Labute approximate surface area is 187 Å². The largest absolute Gasteiger partial charge is 0.326 e. The highest BCUT2D eigenvalue weighted by molar-refractivity contribution is 7.99. The molecule has 32 heavy (non-hydrogen) atoms. The predicted molar refractivity (Wildman–Crippen MR) is 122 cm³/mol. The van der Waals surface area contributed by atoms with E-state index in [9.17, 15) is 14.0 Å². The summed E-state index contributed by atoms with van der Waals surface area (Å²) in [5.74, 6) is -0.0389. The van der Waals surface area contributed by atoms with Crippen molar-refractivity contribution in [2.45, 2.75) is 31.5 Å². The number of halogens is 1. The van der Waals surface area contributed by atoms with Crippen LogP contribution >= 0.6 is 11.8 Å². The van der Waals surface area contributed by atoms with Gasteiger partial charge in [0.25, 0.3) is 5.56 Å². The number of carbonyl (C=O) groups excluding carboxylic acids is 1. The molecule has 0 saturated carbocycles. The van der Waals surface area contributed by atoms with E-state index >= 15 is 0 Å². The number of aryl methyl sites for hydroxylation is 2. The molecule has 9 heteroatoms. The second kappa shape index (κ2) is 7.90. The van der Waals surface area contributed by atoms with Crippen molar-refractivity contribution in [1.82, 2.24) is 19.3 Å². The normalized spacial score (nSPS) is 15.2. The second-order valence-corrected chi connectivity index (χ2v) is 8.84. The third kappa shape index (κ3) is 3.58. The summed E-state index contributed by atoms with van der Waals surface area (Å²) in [7, 11) is 0. The lowest BCUT2D eigenvalue weighted by atomic mass is 10.1. The summed E-state index contributed by atoms with van der Waals surface area (Å²) in [6.45, 7) is 4.07. The summed E-state index contributed by atoms with van der Waals surface area (Å²) in [5.41, 5.74) is 3.97. The fourth-order valence-electron chi connectivity index (χ4n) is 3.79. The Hall–Kier alpha value is -3.46. The number of thioether (sulfide) groups is 1. The van der Waals surface area contributed by atoms with Gasteiger partial charge in [0.2, 0.25) is 5.91 Å². The molecule has 3 heterocycles. The first-order valence-corrected chi connectivity index (χ1v) is 11.2. The van der Waals surface area contributed by atoms with E-state index in [1.807, 2.05) is 32.0 Å². The van der Waals surface area contributed by atoms with Gasteiger partial charge in [-0.3, -0.25) is 14.2 Å². The molecule has 0 bridgehead atoms. The summed E-state index contributed by atoms with van der Waals surface area (Å²) < 4.78 is 16.3. The first-order chi connectivity index (χ1) is 15.4. The molecule has 1 atom stereocenters. The van der Waals surface area contributed by atoms with Crippen LogP contribution in [0.4, 0.5) is 10.1 Å². The number of nitrogens with zero attached hydrogens (tertiary/aromatic N) is 4. The molecule has 1 N–H and O–H groups in total. The minimum atomic E-state index is -0.368. The summed E-state index contributed by atoms with van der Waals surface area (Å²) >= 11 is 1.45. The first-order valence-electron chi connectivity index (χ1n) is 10.2. The second-order valence-electron chi connectivity index (χ2n) is 7.86. The van der Waals surface area contributed by atoms with Crippen LogP contribution in [0.25, 0.3) is 16.7 Å². The van der Waals surface area contributed by atoms with Gasteiger partial charge < -0.3 is 5.32 Å². The minimum absolute atomic E-state index is 0.121. The van der Waals surface area contributed by atoms with Gasteiger partial charge in [-0.1, -0.05) is 17.8 Å². The van der Waals surface area contributed by atoms with E-state index in [0.717, 1.165) is 11.3 Å². The lowest BCUT2D eigenvalue weighted by molar-refractivity contribution is -0.116. The van der Waals surface area contributed by atoms with Crippen LogP contribution in [0, 0.1) is 19.7 Å². The molecule has 0 spiro atoms. The average molecular weight is 450 g/mol. The summed E-state index contributed by atoms with van der Waals surface area (Å²) in [4.78, 5) is 30.5. The van der Waals surface area contributed by atoms with Crippen LogP contribution in [0.2, 0.25) is 0 Å². The van der Waals surface area contributed by atoms with E-state index in [1.165, 1.54) is 47.8 Å². The Morgan fingerprint density at radius 2 is 1.97 bits per heavy atom. The number of anilines is 1. The monoisotopic (exact) mass is 449 g/mol. The SMILES string of the molecule is Cc1ccc(-n2ncc3c(=O)n4c(nc32)SCC4CC(=O)Nc2ccc(F)cc2)cc1C. The molecule has 1 unspecified atom stereocenters. The Kier molecular flexibility index (Phi) is 5.05. The maximum absolute atomic E-state index is 13.3. The molecule has 7 nitrogen and oxygen atoms in total. The third-order valence-electron chi connectivity index (χ3n) is 5.65. The number of aromatic nitrogens is 4. The van der Waals surface area contributed by atoms with Gasteiger partial charge in [-0.15, -0.1) is 0 Å². The van der Waals surface area contributed by atoms with Gasteiger partial charge >= 0.3 is 0 Å². The smallest absolute Gasteiger partial charge is 0.265 e. The average Bonchev–Trinajstić information content (AvgIpc) is 3.37. The number of rotatable bonds is 4. The van der Waals surface area contributed by atoms with Crippen molar-refractivity contribution in [2.75, 3.05) is 11.1 Å². The molecule has 2 aromatic heterocycles. The Morgan fingerprint density at radius 3 is 2.72 bits per heavy atom. The van der Waals surface area contributed by atoms with E-state index in [0.29, 0.717) is 27.6 Å². The van der Waals surface area contributed by atoms with Crippen molar-refractivity contribution < 1.29 is 9.18 Å². The molecule has 5 rings (SSSR count). The molecular formula is C23H20FN5O2S. The van der Waals surface area contributed by atoms with Gasteiger partial charge in [0, 0.05) is 17.9 Å². The molecule has 1 amide bonds. The highest BCUT2D eigenvalue weighted by Gasteiger charge is 2.29. The van der Waals surface area contributed by atoms with Crippen molar-refractivity contribution in [3.63, 3.8) is 0 Å². The Balaban J connectivity index is 1.45. The van der Waals surface area contributed by atoms with E-state index < -0.39 is 0 Å². The molecule has 162 valence electrons. The number of hydrogen-bond donors (Lipinski definition) is 1. The highest BCUT2D eigenvalue weighted by atomic mass is 32.2. The van der Waals surface area contributed by atoms with Crippen LogP contribution in [0.3, 0.4) is 0 Å². The molecule has 2 aromatic carbocycles. The lowest BCUT2D eigenvalue weighted by Gasteiger charge is -2.13.